The summed E-state index contributed by atoms with van der Waals surface area (Å²) in [6, 6.07) is 4.85. The average Bonchev–Trinajstić information content (AvgIpc) is 3.08. The number of rotatable bonds is 3. The summed E-state index contributed by atoms with van der Waals surface area (Å²) in [6.45, 7) is 2.32. The summed E-state index contributed by atoms with van der Waals surface area (Å²) >= 11 is 6.04. The Balaban J connectivity index is 1.95. The Bertz CT molecular complexity index is 779. The number of hydrogen-bond acceptors (Lipinski definition) is 5. The lowest BCUT2D eigenvalue weighted by molar-refractivity contribution is -0.150. The van der Waals surface area contributed by atoms with Crippen molar-refractivity contribution in [3.8, 4) is 5.69 Å². The van der Waals surface area contributed by atoms with Crippen molar-refractivity contribution in [2.45, 2.75) is 19.8 Å². The van der Waals surface area contributed by atoms with Crippen molar-refractivity contribution in [3.05, 3.63) is 35.1 Å². The Kier molecular flexibility index (Phi) is 4.23. The molecule has 8 nitrogen and oxygen atoms in total. The number of likely N-dealkylation sites (tertiary alicyclic amines) is 1. The van der Waals surface area contributed by atoms with Gasteiger partial charge in [-0.3, -0.25) is 9.59 Å². The monoisotopic (exact) mass is 349 g/mol. The van der Waals surface area contributed by atoms with Crippen LogP contribution in [0.1, 0.15) is 30.1 Å². The molecule has 1 aromatic carbocycles. The summed E-state index contributed by atoms with van der Waals surface area (Å²) in [5.41, 5.74) is -0.108. The van der Waals surface area contributed by atoms with Gasteiger partial charge in [0.05, 0.1) is 16.7 Å². The lowest BCUT2D eigenvalue weighted by Crippen LogP contribution is -2.48. The minimum Gasteiger partial charge on any atom is -0.481 e. The topological polar surface area (TPSA) is 101 Å². The van der Waals surface area contributed by atoms with E-state index in [0.29, 0.717) is 35.7 Å². The molecule has 126 valence electrons. The summed E-state index contributed by atoms with van der Waals surface area (Å²) in [5, 5.41) is 20.8. The van der Waals surface area contributed by atoms with Crippen molar-refractivity contribution in [2.75, 3.05) is 13.1 Å². The number of nitrogens with zero attached hydrogens (tertiary/aromatic N) is 5. The molecule has 0 bridgehead atoms. The van der Waals surface area contributed by atoms with E-state index in [-0.39, 0.29) is 12.5 Å². The van der Waals surface area contributed by atoms with E-state index < -0.39 is 11.4 Å². The molecule has 0 radical (unpaired) electrons. The fourth-order valence-corrected chi connectivity index (χ4v) is 3.08. The number of tetrazole rings is 1. The molecule has 1 unspecified atom stereocenters. The van der Waals surface area contributed by atoms with Gasteiger partial charge in [0.1, 0.15) is 6.33 Å². The molecule has 9 heteroatoms. The molecule has 1 N–H and O–H groups in total. The number of piperidine rings is 1. The highest BCUT2D eigenvalue weighted by atomic mass is 35.5. The molecule has 0 spiro atoms. The second-order valence-electron chi connectivity index (χ2n) is 6.11. The molecule has 2 heterocycles. The van der Waals surface area contributed by atoms with Gasteiger partial charge in [-0.2, -0.15) is 4.68 Å². The van der Waals surface area contributed by atoms with Crippen LogP contribution in [0.15, 0.2) is 24.5 Å². The van der Waals surface area contributed by atoms with Gasteiger partial charge in [0.25, 0.3) is 5.91 Å². The quantitative estimate of drug-likeness (QED) is 0.904. The summed E-state index contributed by atoms with van der Waals surface area (Å²) in [7, 11) is 0. The minimum absolute atomic E-state index is 0.155. The van der Waals surface area contributed by atoms with Crippen LogP contribution in [-0.2, 0) is 4.79 Å². The van der Waals surface area contributed by atoms with Gasteiger partial charge in [-0.15, -0.1) is 5.10 Å². The van der Waals surface area contributed by atoms with Gasteiger partial charge in [-0.1, -0.05) is 11.6 Å². The predicted molar refractivity (Wildman–Crippen MR) is 85.0 cm³/mol. The van der Waals surface area contributed by atoms with Gasteiger partial charge >= 0.3 is 5.97 Å². The van der Waals surface area contributed by atoms with Crippen LogP contribution < -0.4 is 0 Å². The maximum atomic E-state index is 13.0. The third-order valence-corrected chi connectivity index (χ3v) is 4.52. The van der Waals surface area contributed by atoms with Crippen LogP contribution in [0.2, 0.25) is 5.02 Å². The van der Waals surface area contributed by atoms with Crippen molar-refractivity contribution in [1.82, 2.24) is 25.1 Å². The van der Waals surface area contributed by atoms with Crippen LogP contribution in [0.25, 0.3) is 5.69 Å². The van der Waals surface area contributed by atoms with E-state index in [4.69, 9.17) is 11.6 Å². The Labute approximate surface area is 143 Å². The molecular weight excluding hydrogens is 334 g/mol. The SMILES string of the molecule is CC1(C(=O)O)CCCN(C(=O)c2cc(Cl)ccc2-n2cnnn2)C1. The third kappa shape index (κ3) is 2.96. The maximum Gasteiger partial charge on any atom is 0.311 e. The van der Waals surface area contributed by atoms with Crippen molar-refractivity contribution in [1.29, 1.82) is 0 Å². The van der Waals surface area contributed by atoms with Crippen molar-refractivity contribution >= 4 is 23.5 Å². The highest BCUT2D eigenvalue weighted by Gasteiger charge is 2.40. The van der Waals surface area contributed by atoms with Crippen molar-refractivity contribution in [3.63, 3.8) is 0 Å². The number of carbonyl (C=O) groups is 2. The van der Waals surface area contributed by atoms with Crippen molar-refractivity contribution in [2.24, 2.45) is 5.41 Å². The largest absolute Gasteiger partial charge is 0.481 e. The third-order valence-electron chi connectivity index (χ3n) is 4.28. The number of aromatic nitrogens is 4. The Morgan fingerprint density at radius 2 is 2.17 bits per heavy atom. The first-order chi connectivity index (χ1) is 11.4. The van der Waals surface area contributed by atoms with E-state index in [0.717, 1.165) is 0 Å². The van der Waals surface area contributed by atoms with E-state index in [1.54, 1.807) is 30.0 Å². The Morgan fingerprint density at radius 1 is 1.38 bits per heavy atom. The van der Waals surface area contributed by atoms with E-state index in [1.807, 2.05) is 0 Å². The Morgan fingerprint density at radius 3 is 2.83 bits per heavy atom. The van der Waals surface area contributed by atoms with Gasteiger partial charge in [-0.05, 0) is 48.4 Å². The van der Waals surface area contributed by atoms with E-state index in [2.05, 4.69) is 15.5 Å². The normalized spacial score (nSPS) is 20.8. The lowest BCUT2D eigenvalue weighted by Gasteiger charge is -2.37. The highest BCUT2D eigenvalue weighted by Crippen LogP contribution is 2.31. The maximum absolute atomic E-state index is 13.0. The fourth-order valence-electron chi connectivity index (χ4n) is 2.91. The zero-order valence-electron chi connectivity index (χ0n) is 13.0. The van der Waals surface area contributed by atoms with Crippen LogP contribution >= 0.6 is 11.6 Å². The van der Waals surface area contributed by atoms with Crippen LogP contribution in [0.3, 0.4) is 0 Å². The molecule has 0 aliphatic carbocycles. The smallest absolute Gasteiger partial charge is 0.311 e. The highest BCUT2D eigenvalue weighted by molar-refractivity contribution is 6.31. The summed E-state index contributed by atoms with van der Waals surface area (Å²) in [4.78, 5) is 26.0. The minimum atomic E-state index is -0.943. The number of halogens is 1. The zero-order valence-corrected chi connectivity index (χ0v) is 13.8. The fraction of sp³-hybridized carbons (Fsp3) is 0.400. The number of carbonyl (C=O) groups excluding carboxylic acids is 1. The van der Waals surface area contributed by atoms with Gasteiger partial charge in [-0.25, -0.2) is 0 Å². The second kappa shape index (κ2) is 6.20. The van der Waals surface area contributed by atoms with Crippen molar-refractivity contribution < 1.29 is 14.7 Å². The number of benzene rings is 1. The number of hydrogen-bond donors (Lipinski definition) is 1. The first kappa shape index (κ1) is 16.4. The molecular formula is C15H16ClN5O3. The molecule has 24 heavy (non-hydrogen) atoms. The van der Waals surface area contributed by atoms with Crippen LogP contribution in [0.4, 0.5) is 0 Å². The van der Waals surface area contributed by atoms with E-state index in [9.17, 15) is 14.7 Å². The summed E-state index contributed by atoms with van der Waals surface area (Å²) in [5.74, 6) is -1.18. The van der Waals surface area contributed by atoms with Crippen LogP contribution in [0.5, 0.6) is 0 Å². The predicted octanol–water partition coefficient (Wildman–Crippen LogP) is 1.64. The lowest BCUT2D eigenvalue weighted by atomic mass is 9.82. The van der Waals surface area contributed by atoms with Gasteiger partial charge in [0, 0.05) is 18.1 Å². The van der Waals surface area contributed by atoms with Crippen LogP contribution in [-0.4, -0.2) is 55.2 Å². The number of carboxylic acid groups (broad SMARTS) is 1. The van der Waals surface area contributed by atoms with Crippen LogP contribution in [0, 0.1) is 5.41 Å². The van der Waals surface area contributed by atoms with Gasteiger partial charge < -0.3 is 10.0 Å². The first-order valence-electron chi connectivity index (χ1n) is 7.46. The second-order valence-corrected chi connectivity index (χ2v) is 6.55. The molecule has 1 aromatic heterocycles. The number of carboxylic acids is 1. The number of aliphatic carboxylic acids is 1. The van der Waals surface area contributed by atoms with E-state index >= 15 is 0 Å². The summed E-state index contributed by atoms with van der Waals surface area (Å²) < 4.78 is 1.38. The molecule has 1 aliphatic heterocycles. The van der Waals surface area contributed by atoms with Gasteiger partial charge in [0.15, 0.2) is 0 Å². The van der Waals surface area contributed by atoms with E-state index in [1.165, 1.54) is 11.0 Å². The van der Waals surface area contributed by atoms with Gasteiger partial charge in [0.2, 0.25) is 0 Å². The first-order valence-corrected chi connectivity index (χ1v) is 7.84. The molecule has 2 aromatic rings. The standard InChI is InChI=1S/C15H16ClN5O3/c1-15(14(23)24)5-2-6-20(8-15)13(22)11-7-10(16)3-4-12(11)21-9-17-18-19-21/h3-4,7,9H,2,5-6,8H2,1H3,(H,23,24). The Hall–Kier alpha value is -2.48. The molecule has 1 saturated heterocycles. The average molecular weight is 350 g/mol. The zero-order chi connectivity index (χ0) is 17.3. The summed E-state index contributed by atoms with van der Waals surface area (Å²) in [6.07, 6.45) is 2.56. The number of amides is 1. The molecule has 1 atom stereocenters. The molecule has 1 amide bonds. The molecule has 1 fully saturated rings. The molecule has 1 aliphatic rings. The molecule has 0 saturated carbocycles. The molecule has 3 rings (SSSR count).